The SMILES string of the molecule is CS(=O)(=O)c1ccc(Nc2ncc(-c3ncco3)c(N[C@H](CO)c3ccccc3)n2)cc1Cl. The van der Waals surface area contributed by atoms with Crippen molar-refractivity contribution >= 4 is 38.9 Å². The van der Waals surface area contributed by atoms with Crippen LogP contribution in [0.3, 0.4) is 0 Å². The molecule has 0 saturated carbocycles. The summed E-state index contributed by atoms with van der Waals surface area (Å²) in [5, 5.41) is 16.3. The monoisotopic (exact) mass is 485 g/mol. The highest BCUT2D eigenvalue weighted by molar-refractivity contribution is 7.90. The zero-order valence-corrected chi connectivity index (χ0v) is 19.0. The molecular formula is C22H20ClN5O4S. The Labute approximate surface area is 195 Å². The lowest BCUT2D eigenvalue weighted by molar-refractivity contribution is 0.276. The minimum absolute atomic E-state index is 0.0332. The summed E-state index contributed by atoms with van der Waals surface area (Å²) in [6.45, 7) is -0.176. The molecule has 0 spiro atoms. The van der Waals surface area contributed by atoms with Crippen LogP contribution in [0.1, 0.15) is 11.6 Å². The van der Waals surface area contributed by atoms with E-state index >= 15 is 0 Å². The summed E-state index contributed by atoms with van der Waals surface area (Å²) in [7, 11) is -3.45. The summed E-state index contributed by atoms with van der Waals surface area (Å²) in [6.07, 6.45) is 5.58. The third-order valence-electron chi connectivity index (χ3n) is 4.73. The first-order valence-corrected chi connectivity index (χ1v) is 12.1. The Hall–Kier alpha value is -3.47. The molecule has 0 saturated heterocycles. The molecule has 4 aromatic rings. The molecule has 0 aliphatic rings. The summed E-state index contributed by atoms with van der Waals surface area (Å²) in [6, 6.07) is 13.5. The van der Waals surface area contributed by atoms with Crippen molar-refractivity contribution in [2.24, 2.45) is 0 Å². The van der Waals surface area contributed by atoms with Gasteiger partial charge in [-0.25, -0.2) is 18.4 Å². The van der Waals surface area contributed by atoms with Gasteiger partial charge in [-0.15, -0.1) is 0 Å². The molecule has 9 nitrogen and oxygen atoms in total. The average molecular weight is 486 g/mol. The van der Waals surface area contributed by atoms with Crippen LogP contribution in [0.2, 0.25) is 5.02 Å². The molecule has 0 unspecified atom stereocenters. The average Bonchev–Trinajstić information content (AvgIpc) is 3.32. The molecule has 33 heavy (non-hydrogen) atoms. The second kappa shape index (κ2) is 9.57. The number of sulfone groups is 1. The molecule has 0 radical (unpaired) electrons. The van der Waals surface area contributed by atoms with Crippen LogP contribution in [0.5, 0.6) is 0 Å². The molecule has 0 aliphatic carbocycles. The fourth-order valence-corrected chi connectivity index (χ4v) is 4.49. The molecule has 0 amide bonds. The van der Waals surface area contributed by atoms with Crippen LogP contribution in [0.4, 0.5) is 17.5 Å². The van der Waals surface area contributed by atoms with E-state index in [-0.39, 0.29) is 22.5 Å². The first-order valence-electron chi connectivity index (χ1n) is 9.81. The predicted octanol–water partition coefficient (Wildman–Crippen LogP) is 4.08. The molecule has 3 N–H and O–H groups in total. The van der Waals surface area contributed by atoms with E-state index in [4.69, 9.17) is 16.0 Å². The van der Waals surface area contributed by atoms with Crippen molar-refractivity contribution in [1.82, 2.24) is 15.0 Å². The summed E-state index contributed by atoms with van der Waals surface area (Å²) in [4.78, 5) is 13.0. The van der Waals surface area contributed by atoms with Crippen LogP contribution in [0.15, 0.2) is 76.5 Å². The van der Waals surface area contributed by atoms with E-state index in [1.807, 2.05) is 30.3 Å². The number of nitrogens with one attached hydrogen (secondary N) is 2. The summed E-state index contributed by atoms with van der Waals surface area (Å²) < 4.78 is 29.0. The van der Waals surface area contributed by atoms with Gasteiger partial charge in [-0.05, 0) is 23.8 Å². The fraction of sp³-hybridized carbons (Fsp3) is 0.136. The van der Waals surface area contributed by atoms with Crippen molar-refractivity contribution in [2.45, 2.75) is 10.9 Å². The highest BCUT2D eigenvalue weighted by atomic mass is 35.5. The maximum absolute atomic E-state index is 11.8. The number of hydrogen-bond acceptors (Lipinski definition) is 9. The third kappa shape index (κ3) is 5.30. The number of anilines is 3. The van der Waals surface area contributed by atoms with Gasteiger partial charge in [0, 0.05) is 18.1 Å². The zero-order valence-electron chi connectivity index (χ0n) is 17.4. The van der Waals surface area contributed by atoms with E-state index < -0.39 is 15.9 Å². The molecule has 2 aromatic heterocycles. The lowest BCUT2D eigenvalue weighted by atomic mass is 10.1. The van der Waals surface area contributed by atoms with Crippen molar-refractivity contribution in [3.63, 3.8) is 0 Å². The van der Waals surface area contributed by atoms with E-state index in [1.54, 1.807) is 6.07 Å². The Kier molecular flexibility index (Phi) is 6.59. The van der Waals surface area contributed by atoms with E-state index in [1.165, 1.54) is 30.8 Å². The quantitative estimate of drug-likeness (QED) is 0.338. The second-order valence-electron chi connectivity index (χ2n) is 7.13. The topological polar surface area (TPSA) is 130 Å². The molecule has 1 atom stereocenters. The molecule has 2 heterocycles. The highest BCUT2D eigenvalue weighted by Crippen LogP contribution is 2.30. The Bertz CT molecular complexity index is 1350. The van der Waals surface area contributed by atoms with Gasteiger partial charge in [-0.2, -0.15) is 4.98 Å². The number of rotatable bonds is 8. The summed E-state index contributed by atoms with van der Waals surface area (Å²) in [5.74, 6) is 0.923. The molecule has 2 aromatic carbocycles. The first-order chi connectivity index (χ1) is 15.8. The van der Waals surface area contributed by atoms with E-state index in [0.29, 0.717) is 23.0 Å². The highest BCUT2D eigenvalue weighted by Gasteiger charge is 2.18. The van der Waals surface area contributed by atoms with Crippen LogP contribution < -0.4 is 10.6 Å². The predicted molar refractivity (Wildman–Crippen MR) is 125 cm³/mol. The van der Waals surface area contributed by atoms with Gasteiger partial charge in [0.2, 0.25) is 11.8 Å². The number of oxazole rings is 1. The molecule has 0 fully saturated rings. The van der Waals surface area contributed by atoms with Crippen molar-refractivity contribution in [3.8, 4) is 11.5 Å². The molecule has 170 valence electrons. The van der Waals surface area contributed by atoms with Gasteiger partial charge in [-0.1, -0.05) is 41.9 Å². The van der Waals surface area contributed by atoms with Gasteiger partial charge in [-0.3, -0.25) is 0 Å². The minimum atomic E-state index is -3.45. The fourth-order valence-electron chi connectivity index (χ4n) is 3.16. The molecule has 11 heteroatoms. The van der Waals surface area contributed by atoms with Gasteiger partial charge >= 0.3 is 0 Å². The molecular weight excluding hydrogens is 466 g/mol. The van der Waals surface area contributed by atoms with Gasteiger partial charge in [0.25, 0.3) is 0 Å². The van der Waals surface area contributed by atoms with Crippen LogP contribution >= 0.6 is 11.6 Å². The van der Waals surface area contributed by atoms with E-state index in [9.17, 15) is 13.5 Å². The maximum Gasteiger partial charge on any atom is 0.231 e. The van der Waals surface area contributed by atoms with Crippen molar-refractivity contribution in [2.75, 3.05) is 23.5 Å². The van der Waals surface area contributed by atoms with Crippen LogP contribution in [-0.4, -0.2) is 41.3 Å². The number of aliphatic hydroxyl groups excluding tert-OH is 1. The van der Waals surface area contributed by atoms with Crippen LogP contribution in [-0.2, 0) is 9.84 Å². The number of aromatic nitrogens is 3. The largest absolute Gasteiger partial charge is 0.444 e. The molecule has 0 aliphatic heterocycles. The van der Waals surface area contributed by atoms with Crippen molar-refractivity contribution in [1.29, 1.82) is 0 Å². The Balaban J connectivity index is 1.67. The Morgan fingerprint density at radius 2 is 1.94 bits per heavy atom. The third-order valence-corrected chi connectivity index (χ3v) is 6.31. The van der Waals surface area contributed by atoms with Gasteiger partial charge in [0.1, 0.15) is 12.1 Å². The smallest absolute Gasteiger partial charge is 0.231 e. The number of aliphatic hydroxyl groups is 1. The Morgan fingerprint density at radius 1 is 1.15 bits per heavy atom. The van der Waals surface area contributed by atoms with E-state index in [0.717, 1.165) is 11.8 Å². The number of benzene rings is 2. The summed E-state index contributed by atoms with van der Waals surface area (Å²) >= 11 is 6.14. The number of halogens is 1. The number of hydrogen-bond donors (Lipinski definition) is 3. The molecule has 0 bridgehead atoms. The zero-order chi connectivity index (χ0) is 23.4. The normalized spacial score (nSPS) is 12.3. The van der Waals surface area contributed by atoms with Gasteiger partial charge in [0.15, 0.2) is 9.84 Å². The van der Waals surface area contributed by atoms with E-state index in [2.05, 4.69) is 25.6 Å². The maximum atomic E-state index is 11.8. The lowest BCUT2D eigenvalue weighted by Crippen LogP contribution is -2.17. The van der Waals surface area contributed by atoms with Crippen molar-refractivity contribution in [3.05, 3.63) is 77.8 Å². The Morgan fingerprint density at radius 3 is 2.58 bits per heavy atom. The summed E-state index contributed by atoms with van der Waals surface area (Å²) in [5.41, 5.74) is 1.88. The number of nitrogens with zero attached hydrogens (tertiary/aromatic N) is 3. The lowest BCUT2D eigenvalue weighted by Gasteiger charge is -2.19. The van der Waals surface area contributed by atoms with Gasteiger partial charge in [0.05, 0.1) is 34.3 Å². The second-order valence-corrected chi connectivity index (χ2v) is 9.52. The first kappa shape index (κ1) is 22.7. The van der Waals surface area contributed by atoms with Crippen LogP contribution in [0.25, 0.3) is 11.5 Å². The molecule has 4 rings (SSSR count). The van der Waals surface area contributed by atoms with Gasteiger partial charge < -0.3 is 20.2 Å². The minimum Gasteiger partial charge on any atom is -0.444 e. The standard InChI is InChI=1S/C22H20ClN5O4S/c1-33(30,31)19-8-7-15(11-17(19)23)26-22-25-12-16(21-24-9-10-32-21)20(28-22)27-18(13-29)14-5-3-2-4-6-14/h2-12,18,29H,13H2,1H3,(H2,25,26,27,28)/t18-/m1/s1. The van der Waals surface area contributed by atoms with Crippen LogP contribution in [0, 0.1) is 0 Å². The van der Waals surface area contributed by atoms with Crippen molar-refractivity contribution < 1.29 is 17.9 Å².